The van der Waals surface area contributed by atoms with E-state index in [2.05, 4.69) is 43.6 Å². The van der Waals surface area contributed by atoms with Gasteiger partial charge in [0.15, 0.2) is 0 Å². The average Bonchev–Trinajstić information content (AvgIpc) is 3.23. The van der Waals surface area contributed by atoms with E-state index in [1.165, 1.54) is 6.33 Å². The smallest absolute Gasteiger partial charge is 0.228 e. The van der Waals surface area contributed by atoms with E-state index in [4.69, 9.17) is 0 Å². The number of hydrogen-bond acceptors (Lipinski definition) is 8. The van der Waals surface area contributed by atoms with Gasteiger partial charge in [-0.2, -0.15) is 0 Å². The zero-order valence-corrected chi connectivity index (χ0v) is 13.2. The Morgan fingerprint density at radius 2 is 2.45 bits per heavy atom. The highest BCUT2D eigenvalue weighted by atomic mass is 32.1. The number of aromatic nitrogens is 5. The SMILES string of the molecule is CCc1nc(C)sc1CNC(=O)C1CNNC1n1cnnn1. The van der Waals surface area contributed by atoms with Gasteiger partial charge in [-0.15, -0.1) is 16.4 Å². The molecule has 3 heterocycles. The minimum absolute atomic E-state index is 0.0360. The van der Waals surface area contributed by atoms with E-state index in [1.54, 1.807) is 16.0 Å². The van der Waals surface area contributed by atoms with Gasteiger partial charge < -0.3 is 5.32 Å². The molecular weight excluding hydrogens is 304 g/mol. The van der Waals surface area contributed by atoms with Crippen LogP contribution < -0.4 is 16.2 Å². The molecule has 1 aliphatic heterocycles. The first-order valence-corrected chi connectivity index (χ1v) is 7.94. The van der Waals surface area contributed by atoms with Gasteiger partial charge in [0.2, 0.25) is 5.91 Å². The van der Waals surface area contributed by atoms with Crippen LogP contribution in [0.1, 0.15) is 28.7 Å². The maximum absolute atomic E-state index is 12.4. The van der Waals surface area contributed by atoms with Crippen LogP contribution in [0.2, 0.25) is 0 Å². The largest absolute Gasteiger partial charge is 0.351 e. The normalized spacial score (nSPS) is 21.2. The molecule has 0 bridgehead atoms. The highest BCUT2D eigenvalue weighted by Crippen LogP contribution is 2.20. The molecule has 2 aromatic rings. The summed E-state index contributed by atoms with van der Waals surface area (Å²) in [6.07, 6.45) is 2.08. The van der Waals surface area contributed by atoms with E-state index >= 15 is 0 Å². The molecule has 2 unspecified atom stereocenters. The summed E-state index contributed by atoms with van der Waals surface area (Å²) in [5.41, 5.74) is 7.05. The van der Waals surface area contributed by atoms with Crippen molar-refractivity contribution in [2.45, 2.75) is 33.0 Å². The summed E-state index contributed by atoms with van der Waals surface area (Å²) in [6.45, 7) is 5.08. The van der Waals surface area contributed by atoms with Crippen molar-refractivity contribution < 1.29 is 4.79 Å². The summed E-state index contributed by atoms with van der Waals surface area (Å²) in [5.74, 6) is -0.311. The van der Waals surface area contributed by atoms with Gasteiger partial charge >= 0.3 is 0 Å². The Labute approximate surface area is 131 Å². The second-order valence-corrected chi connectivity index (χ2v) is 6.33. The first-order chi connectivity index (χ1) is 10.7. The number of rotatable bonds is 5. The van der Waals surface area contributed by atoms with Crippen LogP contribution in [0, 0.1) is 12.8 Å². The first kappa shape index (κ1) is 15.0. The first-order valence-electron chi connectivity index (χ1n) is 7.12. The molecule has 1 saturated heterocycles. The highest BCUT2D eigenvalue weighted by Gasteiger charge is 2.34. The number of hydrogen-bond donors (Lipinski definition) is 3. The molecule has 22 heavy (non-hydrogen) atoms. The second kappa shape index (κ2) is 6.46. The molecular formula is C12H18N8OS. The van der Waals surface area contributed by atoms with Crippen molar-refractivity contribution in [2.75, 3.05) is 6.54 Å². The number of aryl methyl sites for hydroxylation is 2. The lowest BCUT2D eigenvalue weighted by Crippen LogP contribution is -2.37. The van der Waals surface area contributed by atoms with Gasteiger partial charge in [-0.1, -0.05) is 6.92 Å². The summed E-state index contributed by atoms with van der Waals surface area (Å²) in [6, 6.07) is 0. The number of nitrogens with zero attached hydrogens (tertiary/aromatic N) is 5. The minimum Gasteiger partial charge on any atom is -0.351 e. The van der Waals surface area contributed by atoms with Crippen molar-refractivity contribution in [3.63, 3.8) is 0 Å². The summed E-state index contributed by atoms with van der Waals surface area (Å²) in [4.78, 5) is 18.0. The number of thiazole rings is 1. The zero-order valence-electron chi connectivity index (χ0n) is 12.4. The van der Waals surface area contributed by atoms with Gasteiger partial charge in [-0.3, -0.25) is 10.2 Å². The van der Waals surface area contributed by atoms with Crippen LogP contribution in [0.15, 0.2) is 6.33 Å². The molecule has 2 atom stereocenters. The van der Waals surface area contributed by atoms with Crippen molar-refractivity contribution in [3.05, 3.63) is 21.9 Å². The molecule has 3 rings (SSSR count). The third kappa shape index (κ3) is 2.98. The number of carbonyl (C=O) groups excluding carboxylic acids is 1. The lowest BCUT2D eigenvalue weighted by atomic mass is 10.1. The van der Waals surface area contributed by atoms with E-state index in [9.17, 15) is 4.79 Å². The van der Waals surface area contributed by atoms with E-state index in [0.29, 0.717) is 13.1 Å². The fourth-order valence-corrected chi connectivity index (χ4v) is 3.46. The van der Waals surface area contributed by atoms with Crippen molar-refractivity contribution in [1.82, 2.24) is 41.4 Å². The summed E-state index contributed by atoms with van der Waals surface area (Å²) < 4.78 is 1.54. The maximum Gasteiger partial charge on any atom is 0.228 e. The number of amides is 1. The Morgan fingerprint density at radius 1 is 1.59 bits per heavy atom. The molecule has 10 heteroatoms. The van der Waals surface area contributed by atoms with Crippen molar-refractivity contribution >= 4 is 17.2 Å². The predicted octanol–water partition coefficient (Wildman–Crippen LogP) is -0.461. The molecule has 0 aromatic carbocycles. The molecule has 0 radical (unpaired) electrons. The van der Waals surface area contributed by atoms with Crippen molar-refractivity contribution in [3.8, 4) is 0 Å². The topological polar surface area (TPSA) is 110 Å². The Balaban J connectivity index is 1.64. The highest BCUT2D eigenvalue weighted by molar-refractivity contribution is 7.11. The van der Waals surface area contributed by atoms with Crippen LogP contribution in [-0.2, 0) is 17.8 Å². The molecule has 2 aromatic heterocycles. The third-order valence-corrected chi connectivity index (χ3v) is 4.60. The fraction of sp³-hybridized carbons (Fsp3) is 0.583. The van der Waals surface area contributed by atoms with Crippen LogP contribution in [0.4, 0.5) is 0 Å². The van der Waals surface area contributed by atoms with Gasteiger partial charge in [-0.05, 0) is 23.8 Å². The Kier molecular flexibility index (Phi) is 4.41. The van der Waals surface area contributed by atoms with Gasteiger partial charge in [0.05, 0.1) is 23.2 Å². The fourth-order valence-electron chi connectivity index (χ4n) is 2.49. The third-order valence-electron chi connectivity index (χ3n) is 3.58. The van der Waals surface area contributed by atoms with Gasteiger partial charge in [0, 0.05) is 11.4 Å². The quantitative estimate of drug-likeness (QED) is 0.683. The number of hydrazine groups is 1. The van der Waals surface area contributed by atoms with Crippen molar-refractivity contribution in [1.29, 1.82) is 0 Å². The molecule has 1 aliphatic rings. The maximum atomic E-state index is 12.4. The van der Waals surface area contributed by atoms with Crippen LogP contribution >= 0.6 is 11.3 Å². The molecule has 0 spiro atoms. The summed E-state index contributed by atoms with van der Waals surface area (Å²) in [7, 11) is 0. The Hall–Kier alpha value is -1.91. The number of nitrogens with one attached hydrogen (secondary N) is 3. The van der Waals surface area contributed by atoms with Gasteiger partial charge in [0.1, 0.15) is 12.5 Å². The summed E-state index contributed by atoms with van der Waals surface area (Å²) in [5, 5.41) is 15.1. The minimum atomic E-state index is -0.288. The molecule has 0 saturated carbocycles. The van der Waals surface area contributed by atoms with Crippen LogP contribution in [-0.4, -0.2) is 37.6 Å². The van der Waals surface area contributed by atoms with E-state index in [0.717, 1.165) is 22.0 Å². The van der Waals surface area contributed by atoms with Crippen molar-refractivity contribution in [2.24, 2.45) is 5.92 Å². The second-order valence-electron chi connectivity index (χ2n) is 5.04. The lowest BCUT2D eigenvalue weighted by molar-refractivity contribution is -0.125. The van der Waals surface area contributed by atoms with E-state index in [-0.39, 0.29) is 18.0 Å². The van der Waals surface area contributed by atoms with Crippen LogP contribution in [0.5, 0.6) is 0 Å². The molecule has 0 aliphatic carbocycles. The molecule has 1 fully saturated rings. The lowest BCUT2D eigenvalue weighted by Gasteiger charge is -2.17. The molecule has 1 amide bonds. The predicted molar refractivity (Wildman–Crippen MR) is 79.6 cm³/mol. The Morgan fingerprint density at radius 3 is 3.18 bits per heavy atom. The van der Waals surface area contributed by atoms with Gasteiger partial charge in [0.25, 0.3) is 0 Å². The van der Waals surface area contributed by atoms with Gasteiger partial charge in [-0.25, -0.2) is 15.1 Å². The molecule has 9 nitrogen and oxygen atoms in total. The molecule has 118 valence electrons. The zero-order chi connectivity index (χ0) is 15.5. The van der Waals surface area contributed by atoms with E-state index < -0.39 is 0 Å². The Bertz CT molecular complexity index is 640. The molecule has 3 N–H and O–H groups in total. The average molecular weight is 322 g/mol. The number of tetrazole rings is 1. The van der Waals surface area contributed by atoms with E-state index in [1.807, 2.05) is 6.92 Å². The standard InChI is InChI=1S/C12H18N8OS/c1-3-9-10(22-7(2)16-9)5-13-12(21)8-4-14-17-11(8)20-6-15-18-19-20/h6,8,11,14,17H,3-5H2,1-2H3,(H,13,21). The summed E-state index contributed by atoms with van der Waals surface area (Å²) >= 11 is 1.63. The van der Waals surface area contributed by atoms with Crippen LogP contribution in [0.25, 0.3) is 0 Å². The van der Waals surface area contributed by atoms with Crippen LogP contribution in [0.3, 0.4) is 0 Å². The number of carbonyl (C=O) groups is 1. The monoisotopic (exact) mass is 322 g/mol.